The third kappa shape index (κ3) is 3.09. The van der Waals surface area contributed by atoms with Gasteiger partial charge in [0.05, 0.1) is 22.2 Å². The molecule has 0 bridgehead atoms. The summed E-state index contributed by atoms with van der Waals surface area (Å²) in [6.07, 6.45) is 1.43. The molecule has 1 heterocycles. The number of anilines is 1. The van der Waals surface area contributed by atoms with Crippen LogP contribution in [0.15, 0.2) is 36.5 Å². The summed E-state index contributed by atoms with van der Waals surface area (Å²) in [5.74, 6) is -0.354. The number of hydrogen-bond donors (Lipinski definition) is 1. The molecule has 2 rings (SSSR count). The average molecular weight is 272 g/mol. The molecule has 0 aliphatic carbocycles. The van der Waals surface area contributed by atoms with Gasteiger partial charge in [0.2, 0.25) is 0 Å². The fourth-order valence-corrected chi connectivity index (χ4v) is 1.85. The Kier molecular flexibility index (Phi) is 3.79. The molecule has 0 unspecified atom stereocenters. The number of nitriles is 1. The van der Waals surface area contributed by atoms with Gasteiger partial charge >= 0.3 is 0 Å². The van der Waals surface area contributed by atoms with Gasteiger partial charge in [-0.1, -0.05) is 17.7 Å². The quantitative estimate of drug-likeness (QED) is 0.912. The van der Waals surface area contributed by atoms with Crippen molar-refractivity contribution in [3.8, 4) is 6.07 Å². The minimum absolute atomic E-state index is 0.301. The number of carbonyl (C=O) groups excluding carboxylic acids is 1. The number of hydrogen-bond acceptors (Lipinski definition) is 3. The Labute approximate surface area is 115 Å². The number of aromatic nitrogens is 1. The van der Waals surface area contributed by atoms with Crippen LogP contribution in [-0.2, 0) is 0 Å². The second-order valence-corrected chi connectivity index (χ2v) is 4.36. The Morgan fingerprint density at radius 3 is 2.89 bits per heavy atom. The lowest BCUT2D eigenvalue weighted by Crippen LogP contribution is -2.13. The minimum Gasteiger partial charge on any atom is -0.322 e. The number of nitrogens with one attached hydrogen (secondary N) is 1. The van der Waals surface area contributed by atoms with Gasteiger partial charge in [0, 0.05) is 17.6 Å². The first kappa shape index (κ1) is 13.1. The lowest BCUT2D eigenvalue weighted by atomic mass is 10.2. The van der Waals surface area contributed by atoms with E-state index in [9.17, 15) is 4.79 Å². The summed E-state index contributed by atoms with van der Waals surface area (Å²) in [4.78, 5) is 16.1. The van der Waals surface area contributed by atoms with Gasteiger partial charge in [0.15, 0.2) is 0 Å². The molecular formula is C14H10ClN3O. The average Bonchev–Trinajstić information content (AvgIpc) is 2.38. The van der Waals surface area contributed by atoms with Crippen LogP contribution in [0.3, 0.4) is 0 Å². The topological polar surface area (TPSA) is 65.8 Å². The van der Waals surface area contributed by atoms with Crippen LogP contribution in [0.1, 0.15) is 21.6 Å². The second-order valence-electron chi connectivity index (χ2n) is 3.95. The zero-order chi connectivity index (χ0) is 13.8. The summed E-state index contributed by atoms with van der Waals surface area (Å²) in [5, 5.41) is 11.8. The highest BCUT2D eigenvalue weighted by molar-refractivity contribution is 6.34. The van der Waals surface area contributed by atoms with Crippen LogP contribution in [-0.4, -0.2) is 10.9 Å². The molecule has 2 aromatic rings. The van der Waals surface area contributed by atoms with Crippen LogP contribution in [0, 0.1) is 18.3 Å². The van der Waals surface area contributed by atoms with Gasteiger partial charge in [-0.3, -0.25) is 9.78 Å². The van der Waals surface area contributed by atoms with Crippen LogP contribution >= 0.6 is 11.6 Å². The van der Waals surface area contributed by atoms with E-state index in [1.807, 2.05) is 6.07 Å². The summed E-state index contributed by atoms with van der Waals surface area (Å²) < 4.78 is 0. The van der Waals surface area contributed by atoms with Crippen molar-refractivity contribution in [3.05, 3.63) is 58.4 Å². The number of aryl methyl sites for hydroxylation is 1. The number of rotatable bonds is 2. The summed E-state index contributed by atoms with van der Waals surface area (Å²) in [7, 11) is 0. The Morgan fingerprint density at radius 1 is 1.42 bits per heavy atom. The molecule has 94 valence electrons. The van der Waals surface area contributed by atoms with Crippen LogP contribution < -0.4 is 5.32 Å². The number of halogens is 1. The highest BCUT2D eigenvalue weighted by Gasteiger charge is 2.11. The minimum atomic E-state index is -0.354. The molecule has 1 amide bonds. The van der Waals surface area contributed by atoms with E-state index >= 15 is 0 Å². The van der Waals surface area contributed by atoms with Crippen LogP contribution in [0.2, 0.25) is 5.02 Å². The Balaban J connectivity index is 2.23. The van der Waals surface area contributed by atoms with Crippen LogP contribution in [0.25, 0.3) is 0 Å². The lowest BCUT2D eigenvalue weighted by molar-refractivity contribution is 0.102. The first-order chi connectivity index (χ1) is 9.10. The highest BCUT2D eigenvalue weighted by atomic mass is 35.5. The molecule has 19 heavy (non-hydrogen) atoms. The molecule has 0 saturated heterocycles. The molecule has 4 nitrogen and oxygen atoms in total. The largest absolute Gasteiger partial charge is 0.322 e. The molecule has 1 aromatic carbocycles. The first-order valence-electron chi connectivity index (χ1n) is 5.54. The van der Waals surface area contributed by atoms with Crippen molar-refractivity contribution < 1.29 is 4.79 Å². The maximum absolute atomic E-state index is 12.0. The third-order valence-electron chi connectivity index (χ3n) is 2.48. The molecule has 0 aliphatic heterocycles. The molecular weight excluding hydrogens is 262 g/mol. The first-order valence-corrected chi connectivity index (χ1v) is 5.91. The van der Waals surface area contributed by atoms with Gasteiger partial charge in [-0.2, -0.15) is 5.26 Å². The zero-order valence-electron chi connectivity index (χ0n) is 10.1. The molecule has 0 atom stereocenters. The standard InChI is InChI=1S/C14H10ClN3O/c1-9-5-13(15)12(8-17-9)14(19)18-11-4-2-3-10(6-11)7-16/h2-6,8H,1H3,(H,18,19). The SMILES string of the molecule is Cc1cc(Cl)c(C(=O)Nc2cccc(C#N)c2)cn1. The predicted molar refractivity (Wildman–Crippen MR) is 73.1 cm³/mol. The Morgan fingerprint density at radius 2 is 2.21 bits per heavy atom. The molecule has 5 heteroatoms. The molecule has 1 N–H and O–H groups in total. The van der Waals surface area contributed by atoms with Gasteiger partial charge in [-0.15, -0.1) is 0 Å². The molecule has 0 saturated carbocycles. The van der Waals surface area contributed by atoms with Gasteiger partial charge < -0.3 is 5.32 Å². The fourth-order valence-electron chi connectivity index (χ4n) is 1.56. The molecule has 0 radical (unpaired) electrons. The number of carbonyl (C=O) groups is 1. The number of pyridine rings is 1. The Bertz CT molecular complexity index is 677. The maximum atomic E-state index is 12.0. The van der Waals surface area contributed by atoms with E-state index in [0.29, 0.717) is 21.8 Å². The van der Waals surface area contributed by atoms with Gasteiger partial charge in [-0.05, 0) is 31.2 Å². The van der Waals surface area contributed by atoms with Gasteiger partial charge in [0.25, 0.3) is 5.91 Å². The van der Waals surface area contributed by atoms with Crippen molar-refractivity contribution in [3.63, 3.8) is 0 Å². The summed E-state index contributed by atoms with van der Waals surface area (Å²) in [5.41, 5.74) is 2.06. The van der Waals surface area contributed by atoms with Gasteiger partial charge in [0.1, 0.15) is 0 Å². The van der Waals surface area contributed by atoms with Crippen molar-refractivity contribution in [1.29, 1.82) is 5.26 Å². The number of nitrogens with zero attached hydrogens (tertiary/aromatic N) is 2. The van der Waals surface area contributed by atoms with E-state index < -0.39 is 0 Å². The van der Waals surface area contributed by atoms with E-state index in [-0.39, 0.29) is 5.91 Å². The molecule has 0 fully saturated rings. The maximum Gasteiger partial charge on any atom is 0.258 e. The third-order valence-corrected chi connectivity index (χ3v) is 2.80. The highest BCUT2D eigenvalue weighted by Crippen LogP contribution is 2.18. The van der Waals surface area contributed by atoms with Crippen molar-refractivity contribution in [2.24, 2.45) is 0 Å². The van der Waals surface area contributed by atoms with Crippen LogP contribution in [0.5, 0.6) is 0 Å². The van der Waals surface area contributed by atoms with Crippen molar-refractivity contribution >= 4 is 23.2 Å². The smallest absolute Gasteiger partial charge is 0.258 e. The number of amides is 1. The van der Waals surface area contributed by atoms with Crippen LogP contribution in [0.4, 0.5) is 5.69 Å². The molecule has 0 aliphatic rings. The van der Waals surface area contributed by atoms with Crippen molar-refractivity contribution in [2.75, 3.05) is 5.32 Å². The summed E-state index contributed by atoms with van der Waals surface area (Å²) in [6.45, 7) is 1.80. The second kappa shape index (κ2) is 5.51. The van der Waals surface area contributed by atoms with E-state index in [0.717, 1.165) is 5.69 Å². The van der Waals surface area contributed by atoms with E-state index in [2.05, 4.69) is 10.3 Å². The monoisotopic (exact) mass is 271 g/mol. The van der Waals surface area contributed by atoms with E-state index in [4.69, 9.17) is 16.9 Å². The van der Waals surface area contributed by atoms with E-state index in [1.165, 1.54) is 6.20 Å². The predicted octanol–water partition coefficient (Wildman–Crippen LogP) is 3.17. The summed E-state index contributed by atoms with van der Waals surface area (Å²) in [6, 6.07) is 10.3. The molecule has 1 aromatic heterocycles. The van der Waals surface area contributed by atoms with Gasteiger partial charge in [-0.25, -0.2) is 0 Å². The normalized spacial score (nSPS) is 9.74. The fraction of sp³-hybridized carbons (Fsp3) is 0.0714. The zero-order valence-corrected chi connectivity index (χ0v) is 10.9. The van der Waals surface area contributed by atoms with Crippen molar-refractivity contribution in [1.82, 2.24) is 4.98 Å². The number of benzene rings is 1. The van der Waals surface area contributed by atoms with E-state index in [1.54, 1.807) is 37.3 Å². The molecule has 0 spiro atoms. The summed E-state index contributed by atoms with van der Waals surface area (Å²) >= 11 is 6.00. The van der Waals surface area contributed by atoms with Crippen molar-refractivity contribution in [2.45, 2.75) is 6.92 Å². The lowest BCUT2D eigenvalue weighted by Gasteiger charge is -2.07. The Hall–Kier alpha value is -2.38.